The first kappa shape index (κ1) is 14.3. The van der Waals surface area contributed by atoms with E-state index < -0.39 is 6.04 Å². The summed E-state index contributed by atoms with van der Waals surface area (Å²) in [5, 5.41) is 0. The molecule has 3 nitrogen and oxygen atoms in total. The van der Waals surface area contributed by atoms with E-state index in [0.717, 1.165) is 6.42 Å². The second-order valence-electron chi connectivity index (χ2n) is 2.67. The Labute approximate surface area is 80.1 Å². The van der Waals surface area contributed by atoms with Gasteiger partial charge in [-0.2, -0.15) is 0 Å². The molecule has 0 aromatic carbocycles. The van der Waals surface area contributed by atoms with Gasteiger partial charge in [0.15, 0.2) is 0 Å². The Morgan fingerprint density at radius 1 is 1.42 bits per heavy atom. The fraction of sp³-hybridized carbons (Fsp3) is 0.875. The zero-order valence-electron chi connectivity index (χ0n) is 7.87. The molecule has 4 heteroatoms. The van der Waals surface area contributed by atoms with E-state index in [1.54, 1.807) is 0 Å². The van der Waals surface area contributed by atoms with Crippen molar-refractivity contribution in [1.29, 1.82) is 0 Å². The van der Waals surface area contributed by atoms with E-state index in [0.29, 0.717) is 6.42 Å². The predicted molar refractivity (Wildman–Crippen MR) is 51.4 cm³/mol. The van der Waals surface area contributed by atoms with Crippen LogP contribution in [-0.2, 0) is 9.53 Å². The van der Waals surface area contributed by atoms with Crippen LogP contribution in [0.5, 0.6) is 0 Å². The Kier molecular flexibility index (Phi) is 8.76. The van der Waals surface area contributed by atoms with Crippen molar-refractivity contribution < 1.29 is 9.53 Å². The van der Waals surface area contributed by atoms with Crippen molar-refractivity contribution in [2.24, 2.45) is 5.73 Å². The van der Waals surface area contributed by atoms with Crippen molar-refractivity contribution >= 4 is 18.4 Å². The summed E-state index contributed by atoms with van der Waals surface area (Å²) in [6.45, 7) is 5.69. The Bertz CT molecular complexity index is 130. The fourth-order valence-corrected chi connectivity index (χ4v) is 0.536. The van der Waals surface area contributed by atoms with Gasteiger partial charge in [0.25, 0.3) is 0 Å². The number of ether oxygens (including phenoxy) is 1. The first-order valence-corrected chi connectivity index (χ1v) is 4.07. The normalized spacial score (nSPS) is 14.3. The van der Waals surface area contributed by atoms with E-state index in [1.807, 2.05) is 20.8 Å². The van der Waals surface area contributed by atoms with Gasteiger partial charge in [0.1, 0.15) is 6.04 Å². The van der Waals surface area contributed by atoms with Gasteiger partial charge in [-0.1, -0.05) is 13.8 Å². The SMILES string of the molecule is CCC(C)OC(=O)C(N)CC.Cl. The summed E-state index contributed by atoms with van der Waals surface area (Å²) in [4.78, 5) is 11.0. The molecule has 0 aliphatic heterocycles. The molecule has 0 aromatic heterocycles. The maximum Gasteiger partial charge on any atom is 0.323 e. The summed E-state index contributed by atoms with van der Waals surface area (Å²) < 4.78 is 4.99. The molecule has 0 aliphatic carbocycles. The maximum atomic E-state index is 11.0. The quantitative estimate of drug-likeness (QED) is 0.692. The van der Waals surface area contributed by atoms with Crippen LogP contribution in [0.25, 0.3) is 0 Å². The third-order valence-electron chi connectivity index (χ3n) is 1.63. The number of rotatable bonds is 4. The molecule has 0 saturated heterocycles. The minimum Gasteiger partial charge on any atom is -0.462 e. The second-order valence-corrected chi connectivity index (χ2v) is 2.67. The number of nitrogens with two attached hydrogens (primary N) is 1. The molecule has 0 saturated carbocycles. The number of esters is 1. The molecule has 0 fully saturated rings. The third-order valence-corrected chi connectivity index (χ3v) is 1.63. The number of carbonyl (C=O) groups is 1. The van der Waals surface area contributed by atoms with Gasteiger partial charge >= 0.3 is 5.97 Å². The summed E-state index contributed by atoms with van der Waals surface area (Å²) >= 11 is 0. The Balaban J connectivity index is 0. The molecular formula is C8H18ClNO2. The summed E-state index contributed by atoms with van der Waals surface area (Å²) in [7, 11) is 0. The van der Waals surface area contributed by atoms with E-state index in [9.17, 15) is 4.79 Å². The molecule has 2 atom stereocenters. The van der Waals surface area contributed by atoms with Gasteiger partial charge in [0.05, 0.1) is 6.10 Å². The zero-order chi connectivity index (χ0) is 8.85. The van der Waals surface area contributed by atoms with Gasteiger partial charge in [0.2, 0.25) is 0 Å². The lowest BCUT2D eigenvalue weighted by atomic mass is 10.2. The summed E-state index contributed by atoms with van der Waals surface area (Å²) in [6.07, 6.45) is 1.46. The zero-order valence-corrected chi connectivity index (χ0v) is 8.69. The molecule has 2 unspecified atom stereocenters. The Hall–Kier alpha value is -0.280. The topological polar surface area (TPSA) is 52.3 Å². The van der Waals surface area contributed by atoms with Crippen molar-refractivity contribution in [1.82, 2.24) is 0 Å². The number of carbonyl (C=O) groups excluding carboxylic acids is 1. The highest BCUT2D eigenvalue weighted by atomic mass is 35.5. The molecule has 74 valence electrons. The van der Waals surface area contributed by atoms with Gasteiger partial charge in [-0.05, 0) is 19.8 Å². The minimum absolute atomic E-state index is 0. The van der Waals surface area contributed by atoms with Gasteiger partial charge in [-0.25, -0.2) is 0 Å². The molecule has 0 aromatic rings. The average molecular weight is 196 g/mol. The largest absolute Gasteiger partial charge is 0.462 e. The minimum atomic E-state index is -0.455. The van der Waals surface area contributed by atoms with Crippen molar-refractivity contribution in [3.8, 4) is 0 Å². The molecule has 0 amide bonds. The van der Waals surface area contributed by atoms with Crippen LogP contribution in [0.4, 0.5) is 0 Å². The predicted octanol–water partition coefficient (Wildman–Crippen LogP) is 1.49. The molecular weight excluding hydrogens is 178 g/mol. The Morgan fingerprint density at radius 3 is 2.25 bits per heavy atom. The van der Waals surface area contributed by atoms with Crippen LogP contribution in [0.3, 0.4) is 0 Å². The lowest BCUT2D eigenvalue weighted by Gasteiger charge is -2.13. The molecule has 12 heavy (non-hydrogen) atoms. The fourth-order valence-electron chi connectivity index (χ4n) is 0.536. The number of hydrogen-bond donors (Lipinski definition) is 1. The van der Waals surface area contributed by atoms with Crippen LogP contribution in [0.15, 0.2) is 0 Å². The average Bonchev–Trinajstić information content (AvgIpc) is 2.02. The van der Waals surface area contributed by atoms with Crippen molar-refractivity contribution in [3.05, 3.63) is 0 Å². The molecule has 0 radical (unpaired) electrons. The third kappa shape index (κ3) is 5.38. The van der Waals surface area contributed by atoms with Gasteiger partial charge in [0, 0.05) is 0 Å². The molecule has 0 heterocycles. The molecule has 0 rings (SSSR count). The van der Waals surface area contributed by atoms with Crippen LogP contribution in [0, 0.1) is 0 Å². The highest BCUT2D eigenvalue weighted by Crippen LogP contribution is 1.99. The second kappa shape index (κ2) is 7.37. The number of halogens is 1. The van der Waals surface area contributed by atoms with Crippen LogP contribution in [-0.4, -0.2) is 18.1 Å². The van der Waals surface area contributed by atoms with Crippen molar-refractivity contribution in [2.75, 3.05) is 0 Å². The van der Waals surface area contributed by atoms with Crippen LogP contribution < -0.4 is 5.73 Å². The standard InChI is InChI=1S/C8H17NO2.ClH/c1-4-6(3)11-8(10)7(9)5-2;/h6-7H,4-5,9H2,1-3H3;1H. The smallest absolute Gasteiger partial charge is 0.323 e. The van der Waals surface area contributed by atoms with Crippen LogP contribution >= 0.6 is 12.4 Å². The van der Waals surface area contributed by atoms with E-state index in [-0.39, 0.29) is 24.5 Å². The van der Waals surface area contributed by atoms with Gasteiger partial charge in [-0.3, -0.25) is 4.79 Å². The van der Waals surface area contributed by atoms with E-state index in [4.69, 9.17) is 10.5 Å². The first-order chi connectivity index (χ1) is 5.11. The molecule has 0 aliphatic rings. The van der Waals surface area contributed by atoms with Gasteiger partial charge < -0.3 is 10.5 Å². The lowest BCUT2D eigenvalue weighted by molar-refractivity contribution is -0.150. The maximum absolute atomic E-state index is 11.0. The van der Waals surface area contributed by atoms with Crippen LogP contribution in [0.1, 0.15) is 33.6 Å². The lowest BCUT2D eigenvalue weighted by Crippen LogP contribution is -2.33. The van der Waals surface area contributed by atoms with E-state index in [2.05, 4.69) is 0 Å². The summed E-state index contributed by atoms with van der Waals surface area (Å²) in [5.74, 6) is -0.290. The first-order valence-electron chi connectivity index (χ1n) is 4.07. The van der Waals surface area contributed by atoms with Crippen LogP contribution in [0.2, 0.25) is 0 Å². The molecule has 0 spiro atoms. The summed E-state index contributed by atoms with van der Waals surface area (Å²) in [5.41, 5.74) is 5.44. The van der Waals surface area contributed by atoms with Crippen molar-refractivity contribution in [2.45, 2.75) is 45.8 Å². The highest BCUT2D eigenvalue weighted by Gasteiger charge is 2.14. The Morgan fingerprint density at radius 2 is 1.92 bits per heavy atom. The van der Waals surface area contributed by atoms with E-state index in [1.165, 1.54) is 0 Å². The summed E-state index contributed by atoms with van der Waals surface area (Å²) in [6, 6.07) is -0.455. The molecule has 2 N–H and O–H groups in total. The van der Waals surface area contributed by atoms with E-state index >= 15 is 0 Å². The van der Waals surface area contributed by atoms with Crippen molar-refractivity contribution in [3.63, 3.8) is 0 Å². The highest BCUT2D eigenvalue weighted by molar-refractivity contribution is 5.85. The number of hydrogen-bond acceptors (Lipinski definition) is 3. The van der Waals surface area contributed by atoms with Gasteiger partial charge in [-0.15, -0.1) is 12.4 Å². The molecule has 0 bridgehead atoms. The monoisotopic (exact) mass is 195 g/mol.